The molecule has 3 heteroatoms. The lowest BCUT2D eigenvalue weighted by atomic mass is 10.2. The largest absolute Gasteiger partial charge is 0.302 e. The third-order valence-electron chi connectivity index (χ3n) is 1.28. The summed E-state index contributed by atoms with van der Waals surface area (Å²) < 4.78 is 1.77. The van der Waals surface area contributed by atoms with Crippen LogP contribution in [0.3, 0.4) is 0 Å². The first-order valence-corrected chi connectivity index (χ1v) is 3.30. The van der Waals surface area contributed by atoms with E-state index in [1.54, 1.807) is 10.6 Å². The molecule has 50 valence electrons. The van der Waals surface area contributed by atoms with Crippen molar-refractivity contribution in [1.29, 1.82) is 0 Å². The van der Waals surface area contributed by atoms with Gasteiger partial charge in [0.2, 0.25) is 0 Å². The minimum Gasteiger partial charge on any atom is -0.302 e. The minimum absolute atomic E-state index is 0.367. The summed E-state index contributed by atoms with van der Waals surface area (Å²) in [5.74, 6) is 0. The zero-order chi connectivity index (χ0) is 6.85. The average Bonchev–Trinajstić information content (AvgIpc) is 1.80. The maximum absolute atomic E-state index is 4.14. The first kappa shape index (κ1) is 6.68. The fourth-order valence-electron chi connectivity index (χ4n) is 0.724. The van der Waals surface area contributed by atoms with Gasteiger partial charge in [0.05, 0.1) is 6.04 Å². The maximum atomic E-state index is 4.14. The van der Waals surface area contributed by atoms with Crippen LogP contribution in [0.5, 0.6) is 0 Å². The van der Waals surface area contributed by atoms with Crippen molar-refractivity contribution < 1.29 is 0 Å². The van der Waals surface area contributed by atoms with Crippen molar-refractivity contribution >= 4 is 19.2 Å². The Labute approximate surface area is 60.8 Å². The van der Waals surface area contributed by atoms with E-state index < -0.39 is 0 Å². The van der Waals surface area contributed by atoms with Gasteiger partial charge in [-0.15, -0.1) is 0 Å². The molecule has 1 heterocycles. The molecule has 0 aromatic heterocycles. The van der Waals surface area contributed by atoms with Gasteiger partial charge in [0.1, 0.15) is 6.34 Å². The Hall–Kier alpha value is -0.440. The molecule has 1 rings (SSSR count). The Morgan fingerprint density at radius 2 is 2.44 bits per heavy atom. The van der Waals surface area contributed by atoms with E-state index in [1.807, 2.05) is 6.92 Å². The molecular formula is C6H10N2S. The Morgan fingerprint density at radius 1 is 1.78 bits per heavy atom. The van der Waals surface area contributed by atoms with E-state index in [4.69, 9.17) is 0 Å². The van der Waals surface area contributed by atoms with Crippen LogP contribution in [0, 0.1) is 0 Å². The zero-order valence-electron chi connectivity index (χ0n) is 5.57. The van der Waals surface area contributed by atoms with E-state index in [9.17, 15) is 0 Å². The lowest BCUT2D eigenvalue weighted by molar-refractivity contribution is 0.606. The lowest BCUT2D eigenvalue weighted by Crippen LogP contribution is -2.23. The number of aliphatic imine (C=N–C) groups is 1. The lowest BCUT2D eigenvalue weighted by Gasteiger charge is -2.20. The third-order valence-corrected chi connectivity index (χ3v) is 1.75. The highest BCUT2D eigenvalue weighted by atomic mass is 32.1. The monoisotopic (exact) mass is 142 g/mol. The van der Waals surface area contributed by atoms with Crippen LogP contribution in [0.25, 0.3) is 0 Å². The topological polar surface area (TPSA) is 15.6 Å². The van der Waals surface area contributed by atoms with Gasteiger partial charge < -0.3 is 4.31 Å². The van der Waals surface area contributed by atoms with Crippen LogP contribution in [0.15, 0.2) is 16.8 Å². The molecule has 1 atom stereocenters. The van der Waals surface area contributed by atoms with Crippen molar-refractivity contribution in [3.63, 3.8) is 0 Å². The van der Waals surface area contributed by atoms with Gasteiger partial charge in [0.25, 0.3) is 0 Å². The van der Waals surface area contributed by atoms with Crippen molar-refractivity contribution in [2.45, 2.75) is 19.9 Å². The molecule has 2 nitrogen and oxygen atoms in total. The standard InChI is InChI=1S/C6H10N2S/c1-5-3-6(2)8(9)4-7-5/h3-4,6,9H,1-2H3. The van der Waals surface area contributed by atoms with Crippen LogP contribution in [0.1, 0.15) is 13.8 Å². The van der Waals surface area contributed by atoms with Gasteiger partial charge in [-0.1, -0.05) is 12.8 Å². The van der Waals surface area contributed by atoms with Gasteiger partial charge in [-0.05, 0) is 19.9 Å². The van der Waals surface area contributed by atoms with Crippen molar-refractivity contribution in [3.05, 3.63) is 11.8 Å². The number of allylic oxidation sites excluding steroid dienone is 1. The summed E-state index contributed by atoms with van der Waals surface area (Å²) in [6.45, 7) is 4.05. The number of hydrogen-bond acceptors (Lipinski definition) is 3. The molecule has 0 spiro atoms. The Bertz CT molecular complexity index is 162. The van der Waals surface area contributed by atoms with E-state index in [0.717, 1.165) is 5.70 Å². The Balaban J connectivity index is 2.70. The molecule has 0 saturated heterocycles. The molecule has 0 amide bonds. The average molecular weight is 142 g/mol. The molecule has 9 heavy (non-hydrogen) atoms. The quantitative estimate of drug-likeness (QED) is 0.506. The summed E-state index contributed by atoms with van der Waals surface area (Å²) >= 11 is 4.14. The van der Waals surface area contributed by atoms with Crippen LogP contribution in [-0.2, 0) is 0 Å². The van der Waals surface area contributed by atoms with E-state index in [-0.39, 0.29) is 0 Å². The van der Waals surface area contributed by atoms with E-state index in [0.29, 0.717) is 6.04 Å². The number of hydrogen-bond donors (Lipinski definition) is 1. The number of rotatable bonds is 0. The Morgan fingerprint density at radius 3 is 2.89 bits per heavy atom. The van der Waals surface area contributed by atoms with Crippen molar-refractivity contribution in [3.8, 4) is 0 Å². The summed E-state index contributed by atoms with van der Waals surface area (Å²) in [5.41, 5.74) is 1.06. The molecule has 0 fully saturated rings. The van der Waals surface area contributed by atoms with Gasteiger partial charge >= 0.3 is 0 Å². The molecule has 1 unspecified atom stereocenters. The summed E-state index contributed by atoms with van der Waals surface area (Å²) in [6.07, 6.45) is 3.79. The summed E-state index contributed by atoms with van der Waals surface area (Å²) in [6, 6.07) is 0.367. The fraction of sp³-hybridized carbons (Fsp3) is 0.500. The number of nitrogens with zero attached hydrogens (tertiary/aromatic N) is 2. The number of thiol groups is 1. The van der Waals surface area contributed by atoms with Gasteiger partial charge in [-0.2, -0.15) is 0 Å². The predicted octanol–water partition coefficient (Wildman–Crippen LogP) is 1.47. The highest BCUT2D eigenvalue weighted by Crippen LogP contribution is 2.10. The first-order chi connectivity index (χ1) is 4.20. The van der Waals surface area contributed by atoms with Crippen LogP contribution >= 0.6 is 12.8 Å². The van der Waals surface area contributed by atoms with Gasteiger partial charge in [-0.25, -0.2) is 4.99 Å². The van der Waals surface area contributed by atoms with Gasteiger partial charge in [0, 0.05) is 5.70 Å². The Kier molecular flexibility index (Phi) is 1.81. The SMILES string of the molecule is CC1=CC(C)N(S)C=N1. The molecule has 1 aliphatic rings. The highest BCUT2D eigenvalue weighted by molar-refractivity contribution is 7.78. The molecular weight excluding hydrogens is 132 g/mol. The molecule has 0 aliphatic carbocycles. The van der Waals surface area contributed by atoms with Gasteiger partial charge in [-0.3, -0.25) is 0 Å². The summed E-state index contributed by atoms with van der Waals surface area (Å²) in [5, 5.41) is 0. The van der Waals surface area contributed by atoms with Crippen LogP contribution in [0.2, 0.25) is 0 Å². The normalized spacial score (nSPS) is 26.3. The molecule has 0 aromatic carbocycles. The summed E-state index contributed by atoms with van der Waals surface area (Å²) in [7, 11) is 0. The highest BCUT2D eigenvalue weighted by Gasteiger charge is 2.06. The van der Waals surface area contributed by atoms with Crippen LogP contribution in [0.4, 0.5) is 0 Å². The van der Waals surface area contributed by atoms with E-state index in [1.165, 1.54) is 0 Å². The van der Waals surface area contributed by atoms with E-state index >= 15 is 0 Å². The molecule has 0 radical (unpaired) electrons. The predicted molar refractivity (Wildman–Crippen MR) is 42.5 cm³/mol. The van der Waals surface area contributed by atoms with Crippen molar-refractivity contribution in [1.82, 2.24) is 4.31 Å². The summed E-state index contributed by atoms with van der Waals surface area (Å²) in [4.78, 5) is 4.05. The molecule has 1 aliphatic heterocycles. The molecule has 0 N–H and O–H groups in total. The van der Waals surface area contributed by atoms with Crippen molar-refractivity contribution in [2.24, 2.45) is 4.99 Å². The smallest absolute Gasteiger partial charge is 0.101 e. The zero-order valence-corrected chi connectivity index (χ0v) is 6.47. The van der Waals surface area contributed by atoms with Crippen molar-refractivity contribution in [2.75, 3.05) is 0 Å². The van der Waals surface area contributed by atoms with Crippen LogP contribution < -0.4 is 0 Å². The molecule has 0 saturated carbocycles. The second kappa shape index (κ2) is 2.43. The van der Waals surface area contributed by atoms with Gasteiger partial charge in [0.15, 0.2) is 0 Å². The first-order valence-electron chi connectivity index (χ1n) is 2.90. The maximum Gasteiger partial charge on any atom is 0.101 e. The fourth-order valence-corrected chi connectivity index (χ4v) is 0.842. The molecule has 0 bridgehead atoms. The minimum atomic E-state index is 0.367. The second-order valence-electron chi connectivity index (χ2n) is 2.17. The van der Waals surface area contributed by atoms with E-state index in [2.05, 4.69) is 30.8 Å². The van der Waals surface area contributed by atoms with Crippen LogP contribution in [-0.4, -0.2) is 16.7 Å². The molecule has 0 aromatic rings. The second-order valence-corrected chi connectivity index (χ2v) is 2.64. The third kappa shape index (κ3) is 1.48.